The minimum atomic E-state index is -3.94. The molecule has 0 aromatic heterocycles. The average molecular weight is 382 g/mol. The number of carbonyl (C=O) groups is 1. The van der Waals surface area contributed by atoms with Crippen molar-refractivity contribution in [3.8, 4) is 0 Å². The van der Waals surface area contributed by atoms with Gasteiger partial charge in [-0.3, -0.25) is 0 Å². The zero-order valence-electron chi connectivity index (χ0n) is 11.3. The maximum atomic E-state index is 12.6. The number of halogens is 1. The number of aliphatic hydroxyl groups is 1. The van der Waals surface area contributed by atoms with Gasteiger partial charge in [-0.2, -0.15) is 4.31 Å². The molecule has 9 heteroatoms. The van der Waals surface area contributed by atoms with Gasteiger partial charge in [-0.25, -0.2) is 13.2 Å². The van der Waals surface area contributed by atoms with Gasteiger partial charge in [0.2, 0.25) is 10.0 Å². The Labute approximate surface area is 131 Å². The number of benzene rings is 1. The highest BCUT2D eigenvalue weighted by atomic mass is 79.9. The van der Waals surface area contributed by atoms with Crippen LogP contribution in [0.3, 0.4) is 0 Å². The number of hydrogen-bond donors (Lipinski definition) is 2. The Morgan fingerprint density at radius 1 is 1.38 bits per heavy atom. The molecule has 0 heterocycles. The molecular formula is C12H16BrNO6S. The molecule has 0 aliphatic carbocycles. The smallest absolute Gasteiger partial charge is 0.335 e. The molecule has 0 bridgehead atoms. The molecule has 1 aromatic carbocycles. The number of aromatic carboxylic acids is 1. The van der Waals surface area contributed by atoms with Crippen molar-refractivity contribution in [1.82, 2.24) is 4.31 Å². The Hall–Kier alpha value is -1.00. The van der Waals surface area contributed by atoms with Crippen LogP contribution in [0.15, 0.2) is 27.6 Å². The standard InChI is InChI=1S/C12H16BrNO6S/c1-20-7-5-14(4-6-15)21(18,19)11-8-9(12(16)17)2-3-10(11)13/h2-3,8,15H,4-7H2,1H3,(H,16,17). The number of methoxy groups -OCH3 is 1. The number of carboxylic acid groups (broad SMARTS) is 1. The van der Waals surface area contributed by atoms with Crippen molar-refractivity contribution in [2.24, 2.45) is 0 Å². The van der Waals surface area contributed by atoms with Crippen molar-refractivity contribution in [2.75, 3.05) is 33.4 Å². The number of rotatable bonds is 8. The van der Waals surface area contributed by atoms with Crippen LogP contribution in [0, 0.1) is 0 Å². The van der Waals surface area contributed by atoms with Crippen LogP contribution in [0.25, 0.3) is 0 Å². The lowest BCUT2D eigenvalue weighted by molar-refractivity contribution is 0.0696. The van der Waals surface area contributed by atoms with E-state index in [9.17, 15) is 13.2 Å². The molecule has 1 aromatic rings. The summed E-state index contributed by atoms with van der Waals surface area (Å²) in [7, 11) is -2.50. The molecule has 0 atom stereocenters. The highest BCUT2D eigenvalue weighted by Gasteiger charge is 2.27. The summed E-state index contributed by atoms with van der Waals surface area (Å²) in [6.45, 7) is -0.229. The van der Waals surface area contributed by atoms with E-state index in [1.165, 1.54) is 19.2 Å². The van der Waals surface area contributed by atoms with Gasteiger partial charge in [-0.05, 0) is 34.1 Å². The number of ether oxygens (including phenoxy) is 1. The molecule has 1 rings (SSSR count). The first kappa shape index (κ1) is 18.1. The molecule has 0 aliphatic rings. The van der Waals surface area contributed by atoms with Crippen molar-refractivity contribution in [3.63, 3.8) is 0 Å². The summed E-state index contributed by atoms with van der Waals surface area (Å²) in [5.41, 5.74) is -0.132. The van der Waals surface area contributed by atoms with Gasteiger partial charge < -0.3 is 14.9 Å². The van der Waals surface area contributed by atoms with Crippen LogP contribution >= 0.6 is 15.9 Å². The number of hydrogen-bond acceptors (Lipinski definition) is 5. The normalized spacial score (nSPS) is 11.8. The Morgan fingerprint density at radius 3 is 2.57 bits per heavy atom. The van der Waals surface area contributed by atoms with Gasteiger partial charge in [0.05, 0.1) is 23.7 Å². The van der Waals surface area contributed by atoms with E-state index >= 15 is 0 Å². The molecule has 0 saturated carbocycles. The molecule has 0 aliphatic heterocycles. The van der Waals surface area contributed by atoms with E-state index in [-0.39, 0.29) is 41.2 Å². The first-order valence-electron chi connectivity index (χ1n) is 5.97. The van der Waals surface area contributed by atoms with Crippen molar-refractivity contribution >= 4 is 31.9 Å². The van der Waals surface area contributed by atoms with Crippen LogP contribution in [0.1, 0.15) is 10.4 Å². The lowest BCUT2D eigenvalue weighted by Crippen LogP contribution is -2.36. The Kier molecular flexibility index (Phi) is 6.75. The second kappa shape index (κ2) is 7.85. The Morgan fingerprint density at radius 2 is 2.05 bits per heavy atom. The molecule has 0 spiro atoms. The summed E-state index contributed by atoms with van der Waals surface area (Å²) in [6, 6.07) is 3.75. The molecule has 0 unspecified atom stereocenters. The number of aliphatic hydroxyl groups excluding tert-OH is 1. The zero-order chi connectivity index (χ0) is 16.0. The summed E-state index contributed by atoms with van der Waals surface area (Å²) in [4.78, 5) is 10.8. The third kappa shape index (κ3) is 4.48. The molecule has 0 radical (unpaired) electrons. The van der Waals surface area contributed by atoms with E-state index in [0.717, 1.165) is 10.4 Å². The van der Waals surface area contributed by atoms with Gasteiger partial charge in [-0.15, -0.1) is 0 Å². The highest BCUT2D eigenvalue weighted by Crippen LogP contribution is 2.26. The SMILES string of the molecule is COCCN(CCO)S(=O)(=O)c1cc(C(=O)O)ccc1Br. The number of carboxylic acids is 1. The van der Waals surface area contributed by atoms with Crippen LogP contribution < -0.4 is 0 Å². The van der Waals surface area contributed by atoms with Crippen LogP contribution in [0.2, 0.25) is 0 Å². The Balaban J connectivity index is 3.26. The van der Waals surface area contributed by atoms with E-state index in [1.54, 1.807) is 0 Å². The zero-order valence-corrected chi connectivity index (χ0v) is 13.7. The second-order valence-corrected chi connectivity index (χ2v) is 6.83. The van der Waals surface area contributed by atoms with Gasteiger partial charge in [0.1, 0.15) is 0 Å². The third-order valence-corrected chi connectivity index (χ3v) is 5.58. The second-order valence-electron chi connectivity index (χ2n) is 4.07. The summed E-state index contributed by atoms with van der Waals surface area (Å²) in [6.07, 6.45) is 0. The summed E-state index contributed by atoms with van der Waals surface area (Å²) >= 11 is 3.11. The molecule has 21 heavy (non-hydrogen) atoms. The lowest BCUT2D eigenvalue weighted by Gasteiger charge is -2.21. The van der Waals surface area contributed by atoms with Gasteiger partial charge in [0.15, 0.2) is 0 Å². The Bertz CT molecular complexity index is 604. The molecule has 0 fully saturated rings. The quantitative estimate of drug-likeness (QED) is 0.689. The fraction of sp³-hybridized carbons (Fsp3) is 0.417. The first-order valence-corrected chi connectivity index (χ1v) is 8.20. The van der Waals surface area contributed by atoms with E-state index < -0.39 is 16.0 Å². The van der Waals surface area contributed by atoms with Gasteiger partial charge in [0, 0.05) is 24.7 Å². The summed E-state index contributed by atoms with van der Waals surface area (Å²) < 4.78 is 31.3. The van der Waals surface area contributed by atoms with E-state index in [2.05, 4.69) is 15.9 Å². The molecule has 118 valence electrons. The topological polar surface area (TPSA) is 104 Å². The van der Waals surface area contributed by atoms with E-state index in [0.29, 0.717) is 0 Å². The maximum absolute atomic E-state index is 12.6. The average Bonchev–Trinajstić information content (AvgIpc) is 2.43. The predicted octanol–water partition coefficient (Wildman–Crippen LogP) is 0.777. The maximum Gasteiger partial charge on any atom is 0.335 e. The fourth-order valence-electron chi connectivity index (χ4n) is 1.63. The van der Waals surface area contributed by atoms with Crippen LogP contribution in [0.4, 0.5) is 0 Å². The molecule has 0 amide bonds. The van der Waals surface area contributed by atoms with Crippen LogP contribution in [-0.2, 0) is 14.8 Å². The minimum absolute atomic E-state index is 0.0587. The van der Waals surface area contributed by atoms with Crippen molar-refractivity contribution < 1.29 is 28.2 Å². The summed E-state index contributed by atoms with van der Waals surface area (Å²) in [5.74, 6) is -1.22. The summed E-state index contributed by atoms with van der Waals surface area (Å²) in [5, 5.41) is 18.0. The van der Waals surface area contributed by atoms with Gasteiger partial charge >= 0.3 is 5.97 Å². The van der Waals surface area contributed by atoms with E-state index in [4.69, 9.17) is 14.9 Å². The van der Waals surface area contributed by atoms with Crippen LogP contribution in [-0.4, -0.2) is 62.3 Å². The van der Waals surface area contributed by atoms with Crippen molar-refractivity contribution in [3.05, 3.63) is 28.2 Å². The van der Waals surface area contributed by atoms with E-state index in [1.807, 2.05) is 0 Å². The highest BCUT2D eigenvalue weighted by molar-refractivity contribution is 9.10. The third-order valence-electron chi connectivity index (χ3n) is 2.69. The first-order chi connectivity index (χ1) is 9.84. The van der Waals surface area contributed by atoms with Crippen LogP contribution in [0.5, 0.6) is 0 Å². The van der Waals surface area contributed by atoms with Crippen molar-refractivity contribution in [2.45, 2.75) is 4.90 Å². The lowest BCUT2D eigenvalue weighted by atomic mass is 10.2. The number of sulfonamides is 1. The van der Waals surface area contributed by atoms with Crippen molar-refractivity contribution in [1.29, 1.82) is 0 Å². The fourth-order valence-corrected chi connectivity index (χ4v) is 4.00. The molecule has 7 nitrogen and oxygen atoms in total. The predicted molar refractivity (Wildman–Crippen MR) is 78.8 cm³/mol. The monoisotopic (exact) mass is 381 g/mol. The molecule has 0 saturated heterocycles. The largest absolute Gasteiger partial charge is 0.478 e. The van der Waals surface area contributed by atoms with Gasteiger partial charge in [-0.1, -0.05) is 0 Å². The minimum Gasteiger partial charge on any atom is -0.478 e. The molecular weight excluding hydrogens is 366 g/mol. The van der Waals surface area contributed by atoms with Gasteiger partial charge in [0.25, 0.3) is 0 Å². The number of nitrogens with zero attached hydrogens (tertiary/aromatic N) is 1. The molecule has 2 N–H and O–H groups in total.